The lowest BCUT2D eigenvalue weighted by molar-refractivity contribution is -0.128. The molecule has 0 bridgehead atoms. The smallest absolute Gasteiger partial charge is 0.225 e. The van der Waals surface area contributed by atoms with Crippen LogP contribution in [0, 0.1) is 5.92 Å². The number of para-hydroxylation sites is 2. The summed E-state index contributed by atoms with van der Waals surface area (Å²) >= 11 is 0. The lowest BCUT2D eigenvalue weighted by atomic mass is 9.74. The van der Waals surface area contributed by atoms with Gasteiger partial charge in [0.25, 0.3) is 0 Å². The van der Waals surface area contributed by atoms with Crippen LogP contribution in [0.25, 0.3) is 11.0 Å². The Labute approximate surface area is 190 Å². The molecule has 2 aromatic carbocycles. The highest BCUT2D eigenvalue weighted by Crippen LogP contribution is 2.31. The van der Waals surface area contributed by atoms with Gasteiger partial charge in [-0.05, 0) is 43.0 Å². The Kier molecular flexibility index (Phi) is 8.30. The molecule has 0 aliphatic heterocycles. The molecule has 0 spiro atoms. The average Bonchev–Trinajstić information content (AvgIpc) is 3.09. The third-order valence-electron chi connectivity index (χ3n) is 5.91. The Hall–Kier alpha value is -2.08. The normalized spacial score (nSPS) is 20.8. The molecule has 3 aromatic rings. The van der Waals surface area contributed by atoms with Crippen LogP contribution in [-0.2, 0) is 17.9 Å². The van der Waals surface area contributed by atoms with Crippen LogP contribution in [0.2, 0.25) is 0 Å². The van der Waals surface area contributed by atoms with Gasteiger partial charge in [-0.2, -0.15) is 0 Å². The van der Waals surface area contributed by atoms with Crippen molar-refractivity contribution < 1.29 is 4.79 Å². The summed E-state index contributed by atoms with van der Waals surface area (Å²) in [5.41, 5.74) is 10.4. The summed E-state index contributed by atoms with van der Waals surface area (Å²) in [5.74, 6) is -0.0162. The number of benzene rings is 2. The minimum atomic E-state index is -0.396. The molecule has 1 heterocycles. The Morgan fingerprint density at radius 2 is 1.93 bits per heavy atom. The number of nitrogens with zero attached hydrogens (tertiary/aromatic N) is 2. The second kappa shape index (κ2) is 10.3. The van der Waals surface area contributed by atoms with Crippen LogP contribution in [0.4, 0.5) is 0 Å². The third kappa shape index (κ3) is 5.34. The Morgan fingerprint density at radius 3 is 2.73 bits per heavy atom. The van der Waals surface area contributed by atoms with Crippen LogP contribution in [0.5, 0.6) is 0 Å². The van der Waals surface area contributed by atoms with Crippen LogP contribution in [0.1, 0.15) is 43.7 Å². The van der Waals surface area contributed by atoms with Crippen molar-refractivity contribution in [3.8, 4) is 0 Å². The van der Waals surface area contributed by atoms with Gasteiger partial charge in [0.05, 0.1) is 23.3 Å². The molecule has 0 radical (unpaired) electrons. The fourth-order valence-electron chi connectivity index (χ4n) is 4.27. The van der Waals surface area contributed by atoms with Crippen molar-refractivity contribution in [2.75, 3.05) is 0 Å². The Bertz CT molecular complexity index is 986. The largest absolute Gasteiger partial charge is 0.352 e. The van der Waals surface area contributed by atoms with Gasteiger partial charge in [0.2, 0.25) is 5.91 Å². The molecular weight excluding hydrogens is 419 g/mol. The molecule has 0 saturated heterocycles. The number of hydrogen-bond donors (Lipinski definition) is 2. The van der Waals surface area contributed by atoms with E-state index in [4.69, 9.17) is 5.73 Å². The molecular formula is C23H30Cl2N4O. The van der Waals surface area contributed by atoms with Gasteiger partial charge in [-0.15, -0.1) is 24.8 Å². The Balaban J connectivity index is 0.00000160. The van der Waals surface area contributed by atoms with Crippen molar-refractivity contribution in [2.45, 2.75) is 51.2 Å². The van der Waals surface area contributed by atoms with Gasteiger partial charge in [-0.1, -0.05) is 49.2 Å². The van der Waals surface area contributed by atoms with E-state index >= 15 is 0 Å². The number of imidazole rings is 1. The van der Waals surface area contributed by atoms with E-state index in [0.717, 1.165) is 48.8 Å². The number of nitrogens with one attached hydrogen (secondary N) is 1. The van der Waals surface area contributed by atoms with Gasteiger partial charge < -0.3 is 15.6 Å². The summed E-state index contributed by atoms with van der Waals surface area (Å²) in [4.78, 5) is 17.1. The molecule has 1 amide bonds. The summed E-state index contributed by atoms with van der Waals surface area (Å²) in [6.45, 7) is 3.29. The van der Waals surface area contributed by atoms with Crippen molar-refractivity contribution in [3.05, 3.63) is 66.0 Å². The quantitative estimate of drug-likeness (QED) is 0.605. The van der Waals surface area contributed by atoms with Crippen LogP contribution in [-0.4, -0.2) is 21.0 Å². The van der Waals surface area contributed by atoms with Gasteiger partial charge in [0.15, 0.2) is 0 Å². The first-order valence-corrected chi connectivity index (χ1v) is 10.1. The van der Waals surface area contributed by atoms with E-state index < -0.39 is 5.54 Å². The number of carbonyl (C=O) groups excluding carboxylic acids is 1. The molecule has 1 aliphatic rings. The number of carbonyl (C=O) groups is 1. The second-order valence-electron chi connectivity index (χ2n) is 8.20. The summed E-state index contributed by atoms with van der Waals surface area (Å²) in [5, 5.41) is 3.10. The molecule has 2 unspecified atom stereocenters. The van der Waals surface area contributed by atoms with Crippen molar-refractivity contribution >= 4 is 41.8 Å². The topological polar surface area (TPSA) is 72.9 Å². The standard InChI is InChI=1S/C23H28N4O.2ClH/c1-23(24)12-5-4-9-19(23)22(28)25-14-17-7-6-8-18(13-17)15-27-16-26-20-10-2-3-11-21(20)27;;/h2-3,6-8,10-11,13,16,19H,4-5,9,12,14-15,24H2,1H3,(H,25,28);2*1H. The van der Waals surface area contributed by atoms with Gasteiger partial charge >= 0.3 is 0 Å². The number of halogens is 2. The number of nitrogens with two attached hydrogens (primary N) is 1. The summed E-state index contributed by atoms with van der Waals surface area (Å²) in [6, 6.07) is 16.5. The maximum atomic E-state index is 12.7. The first kappa shape index (κ1) is 24.2. The van der Waals surface area contributed by atoms with Crippen LogP contribution in [0.15, 0.2) is 54.9 Å². The van der Waals surface area contributed by atoms with Crippen molar-refractivity contribution in [1.29, 1.82) is 0 Å². The number of hydrogen-bond acceptors (Lipinski definition) is 3. The number of aromatic nitrogens is 2. The van der Waals surface area contributed by atoms with Crippen LogP contribution >= 0.6 is 24.8 Å². The predicted molar refractivity (Wildman–Crippen MR) is 126 cm³/mol. The highest BCUT2D eigenvalue weighted by molar-refractivity contribution is 5.85. The molecule has 1 aliphatic carbocycles. The maximum Gasteiger partial charge on any atom is 0.225 e. The second-order valence-corrected chi connectivity index (χ2v) is 8.20. The summed E-state index contributed by atoms with van der Waals surface area (Å²) < 4.78 is 2.15. The van der Waals surface area contributed by atoms with Crippen molar-refractivity contribution in [3.63, 3.8) is 0 Å². The molecule has 3 N–H and O–H groups in total. The van der Waals surface area contributed by atoms with E-state index in [1.54, 1.807) is 0 Å². The third-order valence-corrected chi connectivity index (χ3v) is 5.91. The molecule has 4 rings (SSSR count). The lowest BCUT2D eigenvalue weighted by Crippen LogP contribution is -2.52. The van der Waals surface area contributed by atoms with Gasteiger partial charge in [-0.25, -0.2) is 4.98 Å². The van der Waals surface area contributed by atoms with E-state index in [1.807, 2.05) is 37.5 Å². The fraction of sp³-hybridized carbons (Fsp3) is 0.391. The molecule has 162 valence electrons. The maximum absolute atomic E-state index is 12.7. The first-order chi connectivity index (χ1) is 13.5. The SMILES string of the molecule is CC1(N)CCCCC1C(=O)NCc1cccc(Cn2cnc3ccccc32)c1.Cl.Cl. The highest BCUT2D eigenvalue weighted by Gasteiger charge is 2.37. The molecule has 5 nitrogen and oxygen atoms in total. The minimum absolute atomic E-state index is 0. The zero-order chi connectivity index (χ0) is 19.6. The first-order valence-electron chi connectivity index (χ1n) is 10.1. The minimum Gasteiger partial charge on any atom is -0.352 e. The van der Waals surface area contributed by atoms with E-state index in [-0.39, 0.29) is 36.6 Å². The molecule has 1 aromatic heterocycles. The van der Waals surface area contributed by atoms with Crippen molar-refractivity contribution in [2.24, 2.45) is 11.7 Å². The van der Waals surface area contributed by atoms with E-state index in [0.29, 0.717) is 6.54 Å². The molecule has 30 heavy (non-hydrogen) atoms. The predicted octanol–water partition coefficient (Wildman–Crippen LogP) is 4.45. The van der Waals surface area contributed by atoms with E-state index in [9.17, 15) is 4.79 Å². The van der Waals surface area contributed by atoms with Crippen LogP contribution in [0.3, 0.4) is 0 Å². The van der Waals surface area contributed by atoms with Gasteiger partial charge in [0.1, 0.15) is 0 Å². The zero-order valence-electron chi connectivity index (χ0n) is 17.2. The molecule has 1 saturated carbocycles. The van der Waals surface area contributed by atoms with E-state index in [2.05, 4.69) is 39.1 Å². The number of amides is 1. The van der Waals surface area contributed by atoms with Gasteiger partial charge in [-0.3, -0.25) is 4.79 Å². The van der Waals surface area contributed by atoms with Crippen LogP contribution < -0.4 is 11.1 Å². The zero-order valence-corrected chi connectivity index (χ0v) is 18.8. The molecule has 1 fully saturated rings. The summed E-state index contributed by atoms with van der Waals surface area (Å²) in [6.07, 6.45) is 5.87. The molecule has 2 atom stereocenters. The monoisotopic (exact) mass is 448 g/mol. The summed E-state index contributed by atoms with van der Waals surface area (Å²) in [7, 11) is 0. The average molecular weight is 449 g/mol. The highest BCUT2D eigenvalue weighted by atomic mass is 35.5. The Morgan fingerprint density at radius 1 is 1.17 bits per heavy atom. The van der Waals surface area contributed by atoms with E-state index in [1.165, 1.54) is 5.56 Å². The van der Waals surface area contributed by atoms with Gasteiger partial charge in [0, 0.05) is 18.6 Å². The molecule has 7 heteroatoms. The number of rotatable bonds is 5. The number of fused-ring (bicyclic) bond motifs is 1. The fourth-order valence-corrected chi connectivity index (χ4v) is 4.27. The lowest BCUT2D eigenvalue weighted by Gasteiger charge is -2.37. The van der Waals surface area contributed by atoms with Crippen molar-refractivity contribution in [1.82, 2.24) is 14.9 Å².